The van der Waals surface area contributed by atoms with Gasteiger partial charge in [-0.3, -0.25) is 14.5 Å². The van der Waals surface area contributed by atoms with Gasteiger partial charge in [0.2, 0.25) is 5.91 Å². The number of carbonyl (C=O) groups is 2. The van der Waals surface area contributed by atoms with Crippen molar-refractivity contribution in [3.05, 3.63) is 70.1 Å². The highest BCUT2D eigenvalue weighted by molar-refractivity contribution is 6.31. The fraction of sp³-hybridized carbons (Fsp3) is 0.304. The van der Waals surface area contributed by atoms with Crippen molar-refractivity contribution in [2.24, 2.45) is 0 Å². The first-order valence-electron chi connectivity index (χ1n) is 9.76. The molecule has 1 aliphatic heterocycles. The van der Waals surface area contributed by atoms with Gasteiger partial charge in [0, 0.05) is 30.0 Å². The zero-order valence-corrected chi connectivity index (χ0v) is 16.8. The van der Waals surface area contributed by atoms with Gasteiger partial charge in [0.05, 0.1) is 17.3 Å². The Bertz CT molecular complexity index is 1000. The minimum Gasteiger partial charge on any atom is -0.494 e. The maximum Gasteiger partial charge on any atom is 0.232 e. The number of ketones is 1. The molecule has 29 heavy (non-hydrogen) atoms. The summed E-state index contributed by atoms with van der Waals surface area (Å²) >= 11 is 5.94. The van der Waals surface area contributed by atoms with Crippen LogP contribution in [-0.2, 0) is 9.59 Å². The van der Waals surface area contributed by atoms with Crippen LogP contribution < -0.4 is 9.64 Å². The SMILES string of the molecule is CCOc1ccc(C2CC(=O)N(c3ccc(F)c(Cl)c3)C3=C2C(=O)CCC3)cc1. The van der Waals surface area contributed by atoms with Crippen molar-refractivity contribution in [3.8, 4) is 5.75 Å². The average Bonchev–Trinajstić information content (AvgIpc) is 2.71. The second-order valence-corrected chi connectivity index (χ2v) is 7.63. The van der Waals surface area contributed by atoms with Gasteiger partial charge in [-0.15, -0.1) is 0 Å². The van der Waals surface area contributed by atoms with Crippen molar-refractivity contribution in [2.75, 3.05) is 11.5 Å². The highest BCUT2D eigenvalue weighted by atomic mass is 35.5. The quantitative estimate of drug-likeness (QED) is 0.673. The van der Waals surface area contributed by atoms with Crippen molar-refractivity contribution in [1.29, 1.82) is 0 Å². The van der Waals surface area contributed by atoms with Gasteiger partial charge in [-0.25, -0.2) is 4.39 Å². The van der Waals surface area contributed by atoms with E-state index < -0.39 is 5.82 Å². The molecule has 1 amide bonds. The number of amides is 1. The van der Waals surface area contributed by atoms with E-state index in [0.29, 0.717) is 42.8 Å². The van der Waals surface area contributed by atoms with Crippen LogP contribution in [0.1, 0.15) is 44.1 Å². The van der Waals surface area contributed by atoms with Crippen molar-refractivity contribution in [1.82, 2.24) is 0 Å². The van der Waals surface area contributed by atoms with Crippen molar-refractivity contribution < 1.29 is 18.7 Å². The molecule has 0 radical (unpaired) electrons. The molecular formula is C23H21ClFNO3. The number of ether oxygens (including phenoxy) is 1. The van der Waals surface area contributed by atoms with Crippen LogP contribution in [0, 0.1) is 5.82 Å². The molecule has 2 aliphatic rings. The monoisotopic (exact) mass is 413 g/mol. The van der Waals surface area contributed by atoms with Gasteiger partial charge >= 0.3 is 0 Å². The molecule has 0 N–H and O–H groups in total. The van der Waals surface area contributed by atoms with Gasteiger partial charge in [-0.05, 0) is 55.7 Å². The van der Waals surface area contributed by atoms with E-state index in [1.165, 1.54) is 18.2 Å². The third-order valence-corrected chi connectivity index (χ3v) is 5.72. The molecule has 2 aromatic carbocycles. The van der Waals surface area contributed by atoms with E-state index in [4.69, 9.17) is 16.3 Å². The molecular weight excluding hydrogens is 393 g/mol. The van der Waals surface area contributed by atoms with Crippen LogP contribution >= 0.6 is 11.6 Å². The minimum atomic E-state index is -0.541. The summed E-state index contributed by atoms with van der Waals surface area (Å²) in [5.41, 5.74) is 2.80. The van der Waals surface area contributed by atoms with Crippen molar-refractivity contribution >= 4 is 29.0 Å². The maximum atomic E-state index is 13.6. The van der Waals surface area contributed by atoms with Gasteiger partial charge in [-0.1, -0.05) is 23.7 Å². The molecule has 1 atom stereocenters. The van der Waals surface area contributed by atoms with Crippen molar-refractivity contribution in [3.63, 3.8) is 0 Å². The Labute approximate surface area is 173 Å². The Balaban J connectivity index is 1.79. The van der Waals surface area contributed by atoms with Crippen LogP contribution in [0.15, 0.2) is 53.7 Å². The normalized spacial score (nSPS) is 19.4. The zero-order valence-electron chi connectivity index (χ0n) is 16.1. The Hall–Kier alpha value is -2.66. The minimum absolute atomic E-state index is 0.0479. The highest BCUT2D eigenvalue weighted by Gasteiger charge is 2.39. The summed E-state index contributed by atoms with van der Waals surface area (Å²) in [7, 11) is 0. The number of Topliss-reactive ketones (excluding diaryl/α,β-unsaturated/α-hetero) is 1. The average molecular weight is 414 g/mol. The van der Waals surface area contributed by atoms with E-state index in [1.807, 2.05) is 31.2 Å². The van der Waals surface area contributed by atoms with Crippen LogP contribution in [0.4, 0.5) is 10.1 Å². The highest BCUT2D eigenvalue weighted by Crippen LogP contribution is 2.44. The zero-order chi connectivity index (χ0) is 20.5. The van der Waals surface area contributed by atoms with E-state index in [-0.39, 0.29) is 29.1 Å². The molecule has 0 aromatic heterocycles. The first-order chi connectivity index (χ1) is 14.0. The lowest BCUT2D eigenvalue weighted by molar-refractivity contribution is -0.119. The number of anilines is 1. The van der Waals surface area contributed by atoms with Crippen LogP contribution in [0.2, 0.25) is 5.02 Å². The summed E-state index contributed by atoms with van der Waals surface area (Å²) in [6.45, 7) is 2.49. The van der Waals surface area contributed by atoms with E-state index in [0.717, 1.165) is 11.3 Å². The maximum absolute atomic E-state index is 13.6. The van der Waals surface area contributed by atoms with E-state index in [2.05, 4.69) is 0 Å². The van der Waals surface area contributed by atoms with E-state index in [9.17, 15) is 14.0 Å². The molecule has 0 spiro atoms. The van der Waals surface area contributed by atoms with Gasteiger partial charge in [0.15, 0.2) is 5.78 Å². The van der Waals surface area contributed by atoms with Crippen LogP contribution in [0.25, 0.3) is 0 Å². The lowest BCUT2D eigenvalue weighted by atomic mass is 9.77. The standard InChI is InChI=1S/C23H21ClFNO3/c1-2-29-16-9-6-14(7-10-16)17-13-22(28)26(15-8-11-19(25)18(24)12-15)20-4-3-5-21(27)23(17)20/h6-12,17H,2-5,13H2,1H3. The summed E-state index contributed by atoms with van der Waals surface area (Å²) in [4.78, 5) is 27.5. The smallest absolute Gasteiger partial charge is 0.232 e. The number of rotatable bonds is 4. The summed E-state index contributed by atoms with van der Waals surface area (Å²) in [5.74, 6) is -0.129. The Morgan fingerprint density at radius 1 is 1.14 bits per heavy atom. The molecule has 4 rings (SSSR count). The van der Waals surface area contributed by atoms with Gasteiger partial charge in [0.25, 0.3) is 0 Å². The van der Waals surface area contributed by atoms with Gasteiger partial charge in [-0.2, -0.15) is 0 Å². The largest absolute Gasteiger partial charge is 0.494 e. The second-order valence-electron chi connectivity index (χ2n) is 7.22. The second kappa shape index (κ2) is 7.99. The third kappa shape index (κ3) is 3.67. The Kier molecular flexibility index (Phi) is 5.41. The molecule has 1 heterocycles. The molecule has 0 bridgehead atoms. The van der Waals surface area contributed by atoms with Gasteiger partial charge < -0.3 is 4.74 Å². The summed E-state index contributed by atoms with van der Waals surface area (Å²) in [6.07, 6.45) is 1.95. The van der Waals surface area contributed by atoms with E-state index >= 15 is 0 Å². The fourth-order valence-corrected chi connectivity index (χ4v) is 4.34. The Morgan fingerprint density at radius 2 is 1.90 bits per heavy atom. The number of hydrogen-bond acceptors (Lipinski definition) is 3. The van der Waals surface area contributed by atoms with Crippen LogP contribution in [-0.4, -0.2) is 18.3 Å². The molecule has 4 nitrogen and oxygen atoms in total. The predicted octanol–water partition coefficient (Wildman–Crippen LogP) is 5.41. The number of hydrogen-bond donors (Lipinski definition) is 0. The molecule has 0 saturated heterocycles. The molecule has 2 aromatic rings. The lowest BCUT2D eigenvalue weighted by Gasteiger charge is -2.38. The number of allylic oxidation sites excluding steroid dienone is 2. The first kappa shape index (κ1) is 19.6. The lowest BCUT2D eigenvalue weighted by Crippen LogP contribution is -2.40. The van der Waals surface area contributed by atoms with Crippen LogP contribution in [0.3, 0.4) is 0 Å². The topological polar surface area (TPSA) is 46.6 Å². The third-order valence-electron chi connectivity index (χ3n) is 5.43. The summed E-state index contributed by atoms with van der Waals surface area (Å²) < 4.78 is 19.1. The summed E-state index contributed by atoms with van der Waals surface area (Å²) in [6, 6.07) is 11.8. The van der Waals surface area contributed by atoms with Gasteiger partial charge in [0.1, 0.15) is 11.6 Å². The number of carbonyl (C=O) groups excluding carboxylic acids is 2. The summed E-state index contributed by atoms with van der Waals surface area (Å²) in [5, 5.41) is -0.0479. The predicted molar refractivity (Wildman–Crippen MR) is 110 cm³/mol. The van der Waals surface area contributed by atoms with Crippen molar-refractivity contribution in [2.45, 2.75) is 38.5 Å². The van der Waals surface area contributed by atoms with E-state index in [1.54, 1.807) is 4.90 Å². The Morgan fingerprint density at radius 3 is 2.59 bits per heavy atom. The molecule has 150 valence electrons. The number of nitrogens with zero attached hydrogens (tertiary/aromatic N) is 1. The fourth-order valence-electron chi connectivity index (χ4n) is 4.16. The molecule has 1 unspecified atom stereocenters. The number of benzene rings is 2. The molecule has 1 aliphatic carbocycles. The molecule has 0 fully saturated rings. The van der Waals surface area contributed by atoms with Crippen LogP contribution in [0.5, 0.6) is 5.75 Å². The molecule has 0 saturated carbocycles. The molecule has 6 heteroatoms. The number of halogens is 2. The first-order valence-corrected chi connectivity index (χ1v) is 10.1.